The summed E-state index contributed by atoms with van der Waals surface area (Å²) in [6, 6.07) is 6.07. The van der Waals surface area contributed by atoms with Crippen LogP contribution in [-0.4, -0.2) is 30.5 Å². The zero-order valence-corrected chi connectivity index (χ0v) is 12.0. The smallest absolute Gasteiger partial charge is 0.162 e. The molecule has 0 spiro atoms. The van der Waals surface area contributed by atoms with E-state index in [0.717, 1.165) is 24.5 Å². The van der Waals surface area contributed by atoms with Crippen LogP contribution in [0.15, 0.2) is 18.2 Å². The molecule has 1 saturated heterocycles. The molecule has 1 aromatic carbocycles. The number of benzene rings is 1. The molecule has 4 nitrogen and oxygen atoms in total. The van der Waals surface area contributed by atoms with Gasteiger partial charge in [0.25, 0.3) is 0 Å². The third-order valence-corrected chi connectivity index (χ3v) is 4.16. The van der Waals surface area contributed by atoms with Crippen LogP contribution < -0.4 is 10.1 Å². The zero-order valence-electron chi connectivity index (χ0n) is 12.0. The number of nitrogens with one attached hydrogen (secondary N) is 1. The lowest BCUT2D eigenvalue weighted by Crippen LogP contribution is -2.37. The van der Waals surface area contributed by atoms with Crippen molar-refractivity contribution in [3.8, 4) is 11.5 Å². The second-order valence-corrected chi connectivity index (χ2v) is 5.65. The molecule has 4 heteroatoms. The van der Waals surface area contributed by atoms with E-state index in [0.29, 0.717) is 31.0 Å². The van der Waals surface area contributed by atoms with Crippen LogP contribution in [0.2, 0.25) is 0 Å². The molecule has 2 N–H and O–H groups in total. The first-order valence-electron chi connectivity index (χ1n) is 7.58. The van der Waals surface area contributed by atoms with Crippen molar-refractivity contribution >= 4 is 0 Å². The lowest BCUT2D eigenvalue weighted by Gasteiger charge is -2.20. The third-order valence-electron chi connectivity index (χ3n) is 4.16. The van der Waals surface area contributed by atoms with E-state index in [2.05, 4.69) is 5.32 Å². The fourth-order valence-corrected chi connectivity index (χ4v) is 2.94. The van der Waals surface area contributed by atoms with Gasteiger partial charge in [-0.05, 0) is 38.2 Å². The number of ether oxygens (including phenoxy) is 2. The van der Waals surface area contributed by atoms with Gasteiger partial charge in [0.2, 0.25) is 0 Å². The average Bonchev–Trinajstić information content (AvgIpc) is 3.19. The molecule has 3 rings (SSSR count). The molecule has 1 aliphatic carbocycles. The lowest BCUT2D eigenvalue weighted by molar-refractivity contribution is 0.0808. The summed E-state index contributed by atoms with van der Waals surface area (Å²) in [4.78, 5) is 0. The monoisotopic (exact) mass is 277 g/mol. The van der Waals surface area contributed by atoms with Gasteiger partial charge in [-0.25, -0.2) is 0 Å². The van der Waals surface area contributed by atoms with Crippen molar-refractivity contribution in [1.82, 2.24) is 5.32 Å². The molecular formula is C16H23NO3. The number of rotatable bonds is 6. The van der Waals surface area contributed by atoms with Crippen LogP contribution in [0.25, 0.3) is 0 Å². The number of para-hydroxylation sites is 1. The number of phenolic OH excluding ortho intramolecular Hbond substituents is 1. The summed E-state index contributed by atoms with van der Waals surface area (Å²) in [6.07, 6.45) is 4.03. The standard InChI is InChI=1S/C16H23NO3/c1-2-19-14-5-3-4-12(15(14)18)10-17-13-8-9-20-16(13)11-6-7-11/h3-5,11,13,16-18H,2,6-10H2,1H3. The van der Waals surface area contributed by atoms with Crippen LogP contribution >= 0.6 is 0 Å². The number of hydrogen-bond donors (Lipinski definition) is 2. The molecule has 1 saturated carbocycles. The molecule has 2 unspecified atom stereocenters. The van der Waals surface area contributed by atoms with E-state index < -0.39 is 0 Å². The van der Waals surface area contributed by atoms with Crippen LogP contribution in [0.4, 0.5) is 0 Å². The highest BCUT2D eigenvalue weighted by molar-refractivity contribution is 5.45. The summed E-state index contributed by atoms with van der Waals surface area (Å²) >= 11 is 0. The number of aromatic hydroxyl groups is 1. The van der Waals surface area contributed by atoms with Crippen LogP contribution in [0, 0.1) is 5.92 Å². The molecule has 1 aliphatic heterocycles. The fraction of sp³-hybridized carbons (Fsp3) is 0.625. The van der Waals surface area contributed by atoms with Gasteiger partial charge in [0.05, 0.1) is 12.7 Å². The molecule has 0 amide bonds. The molecule has 20 heavy (non-hydrogen) atoms. The Labute approximate surface area is 120 Å². The maximum atomic E-state index is 10.2. The molecule has 0 aromatic heterocycles. The first kappa shape index (κ1) is 13.7. The quantitative estimate of drug-likeness (QED) is 0.838. The van der Waals surface area contributed by atoms with Gasteiger partial charge in [-0.2, -0.15) is 0 Å². The van der Waals surface area contributed by atoms with E-state index in [1.54, 1.807) is 6.07 Å². The van der Waals surface area contributed by atoms with Gasteiger partial charge in [0.1, 0.15) is 0 Å². The molecule has 0 radical (unpaired) electrons. The Morgan fingerprint density at radius 3 is 2.95 bits per heavy atom. The molecule has 2 aliphatic rings. The molecule has 110 valence electrons. The number of hydrogen-bond acceptors (Lipinski definition) is 4. The lowest BCUT2D eigenvalue weighted by atomic mass is 10.1. The Bertz CT molecular complexity index is 459. The van der Waals surface area contributed by atoms with E-state index in [4.69, 9.17) is 9.47 Å². The summed E-state index contributed by atoms with van der Waals surface area (Å²) < 4.78 is 11.2. The minimum atomic E-state index is 0.253. The summed E-state index contributed by atoms with van der Waals surface area (Å²) in [7, 11) is 0. The Morgan fingerprint density at radius 2 is 2.20 bits per heavy atom. The Morgan fingerprint density at radius 1 is 1.35 bits per heavy atom. The first-order valence-corrected chi connectivity index (χ1v) is 7.58. The predicted molar refractivity (Wildman–Crippen MR) is 77.0 cm³/mol. The van der Waals surface area contributed by atoms with Crippen LogP contribution in [0.1, 0.15) is 31.7 Å². The van der Waals surface area contributed by atoms with Crippen LogP contribution in [-0.2, 0) is 11.3 Å². The van der Waals surface area contributed by atoms with Gasteiger partial charge in [-0.3, -0.25) is 0 Å². The largest absolute Gasteiger partial charge is 0.504 e. The molecule has 2 atom stereocenters. The minimum absolute atomic E-state index is 0.253. The van der Waals surface area contributed by atoms with Gasteiger partial charge in [0.15, 0.2) is 11.5 Å². The van der Waals surface area contributed by atoms with E-state index in [1.807, 2.05) is 19.1 Å². The summed E-state index contributed by atoms with van der Waals surface area (Å²) in [5.41, 5.74) is 0.886. The zero-order chi connectivity index (χ0) is 13.9. The Hall–Kier alpha value is -1.26. The first-order chi connectivity index (χ1) is 9.79. The summed E-state index contributed by atoms with van der Waals surface area (Å²) in [5, 5.41) is 13.7. The van der Waals surface area contributed by atoms with E-state index >= 15 is 0 Å². The SMILES string of the molecule is CCOc1cccc(CNC2CCOC2C2CC2)c1O. The van der Waals surface area contributed by atoms with Gasteiger partial charge in [-0.15, -0.1) is 0 Å². The van der Waals surface area contributed by atoms with E-state index in [-0.39, 0.29) is 5.75 Å². The predicted octanol–water partition coefficient (Wildman–Crippen LogP) is 2.45. The molecule has 2 fully saturated rings. The second-order valence-electron chi connectivity index (χ2n) is 5.65. The highest BCUT2D eigenvalue weighted by Crippen LogP contribution is 2.39. The number of phenols is 1. The van der Waals surface area contributed by atoms with Crippen molar-refractivity contribution in [2.45, 2.75) is 44.9 Å². The van der Waals surface area contributed by atoms with Gasteiger partial charge in [0, 0.05) is 24.8 Å². The minimum Gasteiger partial charge on any atom is -0.504 e. The van der Waals surface area contributed by atoms with Crippen molar-refractivity contribution in [1.29, 1.82) is 0 Å². The van der Waals surface area contributed by atoms with Crippen molar-refractivity contribution in [2.75, 3.05) is 13.2 Å². The van der Waals surface area contributed by atoms with Crippen molar-refractivity contribution in [3.05, 3.63) is 23.8 Å². The Kier molecular flexibility index (Phi) is 4.13. The topological polar surface area (TPSA) is 50.7 Å². The van der Waals surface area contributed by atoms with Crippen molar-refractivity contribution in [2.24, 2.45) is 5.92 Å². The van der Waals surface area contributed by atoms with E-state index in [9.17, 15) is 5.11 Å². The molecule has 1 aromatic rings. The normalized spacial score (nSPS) is 25.9. The fourth-order valence-electron chi connectivity index (χ4n) is 2.94. The second kappa shape index (κ2) is 6.02. The Balaban J connectivity index is 1.61. The van der Waals surface area contributed by atoms with Crippen molar-refractivity contribution in [3.63, 3.8) is 0 Å². The highest BCUT2D eigenvalue weighted by Gasteiger charge is 2.40. The van der Waals surface area contributed by atoms with Gasteiger partial charge < -0.3 is 19.9 Å². The third kappa shape index (κ3) is 2.91. The molecule has 1 heterocycles. The molecule has 0 bridgehead atoms. The van der Waals surface area contributed by atoms with Gasteiger partial charge >= 0.3 is 0 Å². The summed E-state index contributed by atoms with van der Waals surface area (Å²) in [5.74, 6) is 1.57. The maximum Gasteiger partial charge on any atom is 0.162 e. The van der Waals surface area contributed by atoms with Gasteiger partial charge in [-0.1, -0.05) is 12.1 Å². The molecular weight excluding hydrogens is 254 g/mol. The summed E-state index contributed by atoms with van der Waals surface area (Å²) in [6.45, 7) is 3.99. The van der Waals surface area contributed by atoms with Crippen LogP contribution in [0.3, 0.4) is 0 Å². The van der Waals surface area contributed by atoms with E-state index in [1.165, 1.54) is 12.8 Å². The average molecular weight is 277 g/mol. The van der Waals surface area contributed by atoms with Crippen molar-refractivity contribution < 1.29 is 14.6 Å². The van der Waals surface area contributed by atoms with Crippen LogP contribution in [0.5, 0.6) is 11.5 Å². The maximum absolute atomic E-state index is 10.2. The highest BCUT2D eigenvalue weighted by atomic mass is 16.5.